The van der Waals surface area contributed by atoms with E-state index < -0.39 is 0 Å². The van der Waals surface area contributed by atoms with Crippen molar-refractivity contribution < 1.29 is 8.83 Å². The highest BCUT2D eigenvalue weighted by atomic mass is 35.5. The van der Waals surface area contributed by atoms with Crippen LogP contribution in [0.3, 0.4) is 0 Å². The minimum atomic E-state index is 0.276. The maximum absolute atomic E-state index is 5.90. The summed E-state index contributed by atoms with van der Waals surface area (Å²) in [6.07, 6.45) is 2.72. The Morgan fingerprint density at radius 1 is 1.17 bits per heavy atom. The van der Waals surface area contributed by atoms with Crippen molar-refractivity contribution in [2.75, 3.05) is 13.1 Å². The van der Waals surface area contributed by atoms with Crippen molar-refractivity contribution >= 4 is 11.6 Å². The molecule has 1 saturated heterocycles. The number of hydrogen-bond donors (Lipinski definition) is 0. The van der Waals surface area contributed by atoms with E-state index in [0.717, 1.165) is 37.4 Å². The molecule has 0 saturated carbocycles. The summed E-state index contributed by atoms with van der Waals surface area (Å²) >= 11 is 5.90. The maximum atomic E-state index is 5.90. The third-order valence-electron chi connectivity index (χ3n) is 4.11. The summed E-state index contributed by atoms with van der Waals surface area (Å²) in [5.74, 6) is 2.51. The zero-order valence-corrected chi connectivity index (χ0v) is 13.2. The molecule has 0 amide bonds. The van der Waals surface area contributed by atoms with Gasteiger partial charge in [0, 0.05) is 17.1 Å². The van der Waals surface area contributed by atoms with E-state index >= 15 is 0 Å². The molecule has 0 N–H and O–H groups in total. The SMILES string of the molecule is Clc1ccc(-c2nnc([C@H]3CCN(Cc4ccco4)C3)o2)cc1. The van der Waals surface area contributed by atoms with E-state index in [1.54, 1.807) is 6.26 Å². The summed E-state index contributed by atoms with van der Waals surface area (Å²) in [6, 6.07) is 11.3. The highest BCUT2D eigenvalue weighted by Crippen LogP contribution is 2.29. The van der Waals surface area contributed by atoms with Crippen molar-refractivity contribution in [1.29, 1.82) is 0 Å². The van der Waals surface area contributed by atoms with Crippen LogP contribution in [0.25, 0.3) is 11.5 Å². The van der Waals surface area contributed by atoms with Crippen LogP contribution in [-0.4, -0.2) is 28.2 Å². The van der Waals surface area contributed by atoms with Crippen molar-refractivity contribution in [2.45, 2.75) is 18.9 Å². The van der Waals surface area contributed by atoms with Crippen molar-refractivity contribution in [3.8, 4) is 11.5 Å². The lowest BCUT2D eigenvalue weighted by atomic mass is 10.1. The van der Waals surface area contributed by atoms with Gasteiger partial charge in [0.25, 0.3) is 0 Å². The normalized spacial score (nSPS) is 18.6. The first-order chi connectivity index (χ1) is 11.3. The van der Waals surface area contributed by atoms with Gasteiger partial charge in [-0.1, -0.05) is 11.6 Å². The van der Waals surface area contributed by atoms with Crippen LogP contribution < -0.4 is 0 Å². The predicted octanol–water partition coefficient (Wildman–Crippen LogP) is 3.97. The Morgan fingerprint density at radius 3 is 2.83 bits per heavy atom. The molecule has 2 aromatic heterocycles. The van der Waals surface area contributed by atoms with Crippen LogP contribution in [-0.2, 0) is 6.54 Å². The average molecular weight is 330 g/mol. The second-order valence-corrected chi connectivity index (χ2v) is 6.19. The largest absolute Gasteiger partial charge is 0.468 e. The molecule has 118 valence electrons. The standard InChI is InChI=1S/C17H16ClN3O2/c18-14-5-3-12(4-6-14)16-19-20-17(23-16)13-7-8-21(10-13)11-15-2-1-9-22-15/h1-6,9,13H,7-8,10-11H2/t13-/m0/s1. The summed E-state index contributed by atoms with van der Waals surface area (Å²) in [6.45, 7) is 2.73. The third kappa shape index (κ3) is 3.16. The first-order valence-corrected chi connectivity index (χ1v) is 8.00. The van der Waals surface area contributed by atoms with Crippen LogP contribution in [0, 0.1) is 0 Å². The Balaban J connectivity index is 1.44. The topological polar surface area (TPSA) is 55.3 Å². The van der Waals surface area contributed by atoms with Gasteiger partial charge in [0.2, 0.25) is 11.8 Å². The Labute approximate surface area is 138 Å². The van der Waals surface area contributed by atoms with Crippen LogP contribution in [0.1, 0.15) is 24.0 Å². The highest BCUT2D eigenvalue weighted by Gasteiger charge is 2.28. The summed E-state index contributed by atoms with van der Waals surface area (Å²) in [4.78, 5) is 2.34. The summed E-state index contributed by atoms with van der Waals surface area (Å²) in [5.41, 5.74) is 0.888. The van der Waals surface area contributed by atoms with Crippen molar-refractivity contribution in [3.63, 3.8) is 0 Å². The molecule has 5 nitrogen and oxygen atoms in total. The lowest BCUT2D eigenvalue weighted by Crippen LogP contribution is -2.19. The van der Waals surface area contributed by atoms with E-state index in [9.17, 15) is 0 Å². The Hall–Kier alpha value is -2.11. The monoisotopic (exact) mass is 329 g/mol. The smallest absolute Gasteiger partial charge is 0.247 e. The minimum absolute atomic E-state index is 0.276. The van der Waals surface area contributed by atoms with E-state index in [2.05, 4.69) is 15.1 Å². The van der Waals surface area contributed by atoms with Gasteiger partial charge in [-0.25, -0.2) is 0 Å². The molecule has 6 heteroatoms. The van der Waals surface area contributed by atoms with Gasteiger partial charge < -0.3 is 8.83 Å². The molecule has 1 aliphatic rings. The van der Waals surface area contributed by atoms with Crippen LogP contribution in [0.15, 0.2) is 51.5 Å². The molecule has 3 aromatic rings. The van der Waals surface area contributed by atoms with Gasteiger partial charge in [0.15, 0.2) is 0 Å². The van der Waals surface area contributed by atoms with Gasteiger partial charge in [-0.05, 0) is 49.4 Å². The first kappa shape index (κ1) is 14.5. The van der Waals surface area contributed by atoms with E-state index in [-0.39, 0.29) is 5.92 Å². The fraction of sp³-hybridized carbons (Fsp3) is 0.294. The molecular formula is C17H16ClN3O2. The van der Waals surface area contributed by atoms with Crippen molar-refractivity contribution in [1.82, 2.24) is 15.1 Å². The lowest BCUT2D eigenvalue weighted by molar-refractivity contribution is 0.290. The van der Waals surface area contributed by atoms with Gasteiger partial charge in [0.05, 0.1) is 18.7 Å². The molecule has 1 fully saturated rings. The van der Waals surface area contributed by atoms with Gasteiger partial charge >= 0.3 is 0 Å². The van der Waals surface area contributed by atoms with Gasteiger partial charge in [0.1, 0.15) is 5.76 Å². The number of nitrogens with zero attached hydrogens (tertiary/aromatic N) is 3. The number of halogens is 1. The Bertz CT molecular complexity index is 768. The van der Waals surface area contributed by atoms with E-state index in [1.165, 1.54) is 0 Å². The van der Waals surface area contributed by atoms with Gasteiger partial charge in [-0.15, -0.1) is 10.2 Å². The quantitative estimate of drug-likeness (QED) is 0.725. The third-order valence-corrected chi connectivity index (χ3v) is 4.36. The number of likely N-dealkylation sites (tertiary alicyclic amines) is 1. The van der Waals surface area contributed by atoms with E-state index in [4.69, 9.17) is 20.4 Å². The van der Waals surface area contributed by atoms with Crippen molar-refractivity contribution in [2.24, 2.45) is 0 Å². The molecule has 0 spiro atoms. The molecule has 0 aliphatic carbocycles. The van der Waals surface area contributed by atoms with Crippen LogP contribution in [0.2, 0.25) is 5.02 Å². The molecule has 0 radical (unpaired) electrons. The second-order valence-electron chi connectivity index (χ2n) is 5.75. The fourth-order valence-corrected chi connectivity index (χ4v) is 3.04. The molecule has 4 rings (SSSR count). The molecule has 1 aromatic carbocycles. The van der Waals surface area contributed by atoms with Crippen LogP contribution in [0.5, 0.6) is 0 Å². The zero-order valence-electron chi connectivity index (χ0n) is 12.5. The number of hydrogen-bond acceptors (Lipinski definition) is 5. The second kappa shape index (κ2) is 6.18. The number of benzene rings is 1. The van der Waals surface area contributed by atoms with Gasteiger partial charge in [-0.2, -0.15) is 0 Å². The number of furan rings is 1. The number of aromatic nitrogens is 2. The minimum Gasteiger partial charge on any atom is -0.468 e. The number of rotatable bonds is 4. The average Bonchev–Trinajstić information content (AvgIpc) is 3.29. The van der Waals surface area contributed by atoms with E-state index in [0.29, 0.717) is 16.8 Å². The highest BCUT2D eigenvalue weighted by molar-refractivity contribution is 6.30. The first-order valence-electron chi connectivity index (χ1n) is 7.62. The Morgan fingerprint density at radius 2 is 2.04 bits per heavy atom. The molecule has 3 heterocycles. The molecular weight excluding hydrogens is 314 g/mol. The Kier molecular flexibility index (Phi) is 3.89. The lowest BCUT2D eigenvalue weighted by Gasteiger charge is -2.12. The summed E-state index contributed by atoms with van der Waals surface area (Å²) in [5, 5.41) is 9.09. The maximum Gasteiger partial charge on any atom is 0.247 e. The van der Waals surface area contributed by atoms with E-state index in [1.807, 2.05) is 36.4 Å². The van der Waals surface area contributed by atoms with Crippen LogP contribution in [0.4, 0.5) is 0 Å². The molecule has 1 aliphatic heterocycles. The summed E-state index contributed by atoms with van der Waals surface area (Å²) in [7, 11) is 0. The molecule has 1 atom stereocenters. The molecule has 23 heavy (non-hydrogen) atoms. The molecule has 0 bridgehead atoms. The molecule has 0 unspecified atom stereocenters. The van der Waals surface area contributed by atoms with Crippen molar-refractivity contribution in [3.05, 3.63) is 59.3 Å². The van der Waals surface area contributed by atoms with Gasteiger partial charge in [-0.3, -0.25) is 4.90 Å². The zero-order chi connectivity index (χ0) is 15.6. The predicted molar refractivity (Wildman–Crippen MR) is 86.1 cm³/mol. The van der Waals surface area contributed by atoms with Crippen LogP contribution >= 0.6 is 11.6 Å². The summed E-state index contributed by atoms with van der Waals surface area (Å²) < 4.78 is 11.3. The fourth-order valence-electron chi connectivity index (χ4n) is 2.91.